The third kappa shape index (κ3) is 3.51. The van der Waals surface area contributed by atoms with Crippen molar-refractivity contribution in [2.24, 2.45) is 5.73 Å². The maximum Gasteiger partial charge on any atom is 0.272 e. The number of aromatic nitrogens is 4. The molecule has 8 heteroatoms. The van der Waals surface area contributed by atoms with Crippen LogP contribution in [0.1, 0.15) is 40.8 Å². The summed E-state index contributed by atoms with van der Waals surface area (Å²) in [5.74, 6) is 0.925. The van der Waals surface area contributed by atoms with Crippen molar-refractivity contribution in [2.75, 3.05) is 11.9 Å². The third-order valence-electron chi connectivity index (χ3n) is 4.60. The van der Waals surface area contributed by atoms with E-state index in [2.05, 4.69) is 20.3 Å². The van der Waals surface area contributed by atoms with Crippen molar-refractivity contribution in [3.8, 4) is 0 Å². The molecular formula is C19H20N6O2. The van der Waals surface area contributed by atoms with Crippen LogP contribution in [0, 0.1) is 6.92 Å². The number of rotatable bonds is 6. The number of carbonyl (C=O) groups is 1. The predicted molar refractivity (Wildman–Crippen MR) is 102 cm³/mol. The lowest BCUT2D eigenvalue weighted by atomic mass is 10.2. The van der Waals surface area contributed by atoms with Crippen LogP contribution in [0.25, 0.3) is 11.0 Å². The van der Waals surface area contributed by atoms with Crippen molar-refractivity contribution in [1.82, 2.24) is 19.5 Å². The quantitative estimate of drug-likeness (QED) is 0.686. The fourth-order valence-corrected chi connectivity index (χ4v) is 3.04. The van der Waals surface area contributed by atoms with E-state index in [0.717, 1.165) is 23.9 Å². The van der Waals surface area contributed by atoms with E-state index in [0.29, 0.717) is 36.3 Å². The minimum absolute atomic E-state index is 0.116. The molecule has 1 aliphatic rings. The highest BCUT2D eigenvalue weighted by Gasteiger charge is 2.27. The Morgan fingerprint density at radius 2 is 2.04 bits per heavy atom. The Bertz CT molecular complexity index is 1090. The van der Waals surface area contributed by atoms with Gasteiger partial charge in [0.05, 0.1) is 11.0 Å². The largest absolute Gasteiger partial charge is 0.368 e. The van der Waals surface area contributed by atoms with E-state index < -0.39 is 5.91 Å². The Balaban J connectivity index is 1.57. The van der Waals surface area contributed by atoms with Crippen molar-refractivity contribution in [3.05, 3.63) is 57.9 Å². The van der Waals surface area contributed by atoms with Crippen molar-refractivity contribution < 1.29 is 4.79 Å². The van der Waals surface area contributed by atoms with Crippen LogP contribution < -0.4 is 16.6 Å². The molecule has 1 aromatic carbocycles. The number of benzene rings is 1. The van der Waals surface area contributed by atoms with Gasteiger partial charge in [0, 0.05) is 25.1 Å². The summed E-state index contributed by atoms with van der Waals surface area (Å²) in [5, 5.41) is 3.18. The van der Waals surface area contributed by atoms with E-state index in [1.165, 1.54) is 0 Å². The van der Waals surface area contributed by atoms with Crippen molar-refractivity contribution in [3.63, 3.8) is 0 Å². The molecule has 3 N–H and O–H groups in total. The van der Waals surface area contributed by atoms with Crippen LogP contribution in [0.2, 0.25) is 0 Å². The van der Waals surface area contributed by atoms with Gasteiger partial charge in [-0.1, -0.05) is 12.1 Å². The highest BCUT2D eigenvalue weighted by Crippen LogP contribution is 2.38. The number of amides is 1. The van der Waals surface area contributed by atoms with Gasteiger partial charge in [-0.3, -0.25) is 9.59 Å². The summed E-state index contributed by atoms with van der Waals surface area (Å²) in [6.07, 6.45) is 2.05. The third-order valence-corrected chi connectivity index (χ3v) is 4.60. The number of nitrogens with two attached hydrogens (primary N) is 1. The lowest BCUT2D eigenvalue weighted by Gasteiger charge is -2.12. The van der Waals surface area contributed by atoms with Gasteiger partial charge >= 0.3 is 0 Å². The minimum atomic E-state index is -0.575. The molecule has 0 spiro atoms. The molecule has 0 saturated heterocycles. The van der Waals surface area contributed by atoms with Crippen molar-refractivity contribution >= 4 is 22.8 Å². The molecule has 2 aromatic heterocycles. The summed E-state index contributed by atoms with van der Waals surface area (Å²) in [6.45, 7) is 2.62. The second-order valence-corrected chi connectivity index (χ2v) is 6.70. The average Bonchev–Trinajstić information content (AvgIpc) is 3.50. The number of nitrogens with one attached hydrogen (secondary N) is 1. The number of carbonyl (C=O) groups excluding carboxylic acids is 1. The van der Waals surface area contributed by atoms with Crippen LogP contribution in [0.5, 0.6) is 0 Å². The summed E-state index contributed by atoms with van der Waals surface area (Å²) in [5.41, 5.74) is 7.50. The van der Waals surface area contributed by atoms with E-state index >= 15 is 0 Å². The number of hydrogen-bond donors (Lipinski definition) is 2. The van der Waals surface area contributed by atoms with Crippen LogP contribution in [-0.2, 0) is 6.54 Å². The van der Waals surface area contributed by atoms with Gasteiger partial charge in [0.15, 0.2) is 0 Å². The number of primary amides is 1. The van der Waals surface area contributed by atoms with Crippen LogP contribution >= 0.6 is 0 Å². The first-order chi connectivity index (χ1) is 13.0. The number of hydrogen-bond acceptors (Lipinski definition) is 6. The molecule has 0 aliphatic heterocycles. The molecule has 1 saturated carbocycles. The van der Waals surface area contributed by atoms with Crippen LogP contribution in [0.15, 0.2) is 35.1 Å². The SMILES string of the molecule is Cc1nc2ccccc2n(CCNc2cc(C(N)=O)nc(C3CC3)n2)c1=O. The second-order valence-electron chi connectivity index (χ2n) is 6.70. The number of anilines is 1. The zero-order valence-corrected chi connectivity index (χ0v) is 15.0. The number of para-hydroxylation sites is 2. The van der Waals surface area contributed by atoms with Crippen molar-refractivity contribution in [1.29, 1.82) is 0 Å². The molecule has 138 valence electrons. The molecule has 8 nitrogen and oxygen atoms in total. The molecule has 1 fully saturated rings. The standard InChI is InChI=1S/C19H20N6O2/c1-11-19(27)25(15-5-3-2-4-13(15)22-11)9-8-21-16-10-14(17(20)26)23-18(24-16)12-6-7-12/h2-5,10,12H,6-9H2,1H3,(H2,20,26)(H,21,23,24). The number of nitrogens with zero attached hydrogens (tertiary/aromatic N) is 4. The van der Waals surface area contributed by atoms with Gasteiger partial charge in [-0.15, -0.1) is 0 Å². The molecule has 0 unspecified atom stereocenters. The highest BCUT2D eigenvalue weighted by molar-refractivity contribution is 5.91. The minimum Gasteiger partial charge on any atom is -0.368 e. The molecule has 0 bridgehead atoms. The fourth-order valence-electron chi connectivity index (χ4n) is 3.04. The summed E-state index contributed by atoms with van der Waals surface area (Å²) >= 11 is 0. The predicted octanol–water partition coefficient (Wildman–Crippen LogP) is 1.58. The Hall–Kier alpha value is -3.29. The summed E-state index contributed by atoms with van der Waals surface area (Å²) in [7, 11) is 0. The van der Waals surface area contributed by atoms with Crippen molar-refractivity contribution in [2.45, 2.75) is 32.2 Å². The molecule has 0 radical (unpaired) electrons. The molecule has 1 amide bonds. The maximum atomic E-state index is 12.5. The summed E-state index contributed by atoms with van der Waals surface area (Å²) in [4.78, 5) is 37.1. The zero-order valence-electron chi connectivity index (χ0n) is 15.0. The Morgan fingerprint density at radius 1 is 1.26 bits per heavy atom. The monoisotopic (exact) mass is 364 g/mol. The van der Waals surface area contributed by atoms with Gasteiger partial charge in [-0.2, -0.15) is 0 Å². The van der Waals surface area contributed by atoms with E-state index in [1.54, 1.807) is 17.6 Å². The van der Waals surface area contributed by atoms with Crippen LogP contribution in [-0.4, -0.2) is 32.0 Å². The van der Waals surface area contributed by atoms with Gasteiger partial charge in [0.25, 0.3) is 11.5 Å². The average molecular weight is 364 g/mol. The lowest BCUT2D eigenvalue weighted by Crippen LogP contribution is -2.27. The Kier molecular flexibility index (Phi) is 4.31. The second kappa shape index (κ2) is 6.79. The zero-order chi connectivity index (χ0) is 19.0. The van der Waals surface area contributed by atoms with Gasteiger partial charge in [0.2, 0.25) is 0 Å². The molecular weight excluding hydrogens is 344 g/mol. The first kappa shape index (κ1) is 17.1. The number of aryl methyl sites for hydroxylation is 1. The Labute approximate surface area is 155 Å². The fraction of sp³-hybridized carbons (Fsp3) is 0.316. The van der Waals surface area contributed by atoms with Gasteiger partial charge in [0.1, 0.15) is 23.0 Å². The molecule has 2 heterocycles. The summed E-state index contributed by atoms with van der Waals surface area (Å²) < 4.78 is 1.70. The summed E-state index contributed by atoms with van der Waals surface area (Å²) in [6, 6.07) is 9.09. The smallest absolute Gasteiger partial charge is 0.272 e. The van der Waals surface area contributed by atoms with E-state index in [-0.39, 0.29) is 11.3 Å². The number of fused-ring (bicyclic) bond motifs is 1. The molecule has 1 aliphatic carbocycles. The topological polar surface area (TPSA) is 116 Å². The van der Waals surface area contributed by atoms with Gasteiger partial charge in [-0.25, -0.2) is 15.0 Å². The molecule has 3 aromatic rings. The molecule has 4 rings (SSSR count). The van der Waals surface area contributed by atoms with Gasteiger partial charge < -0.3 is 15.6 Å². The van der Waals surface area contributed by atoms with Crippen LogP contribution in [0.4, 0.5) is 5.82 Å². The van der Waals surface area contributed by atoms with Crippen LogP contribution in [0.3, 0.4) is 0 Å². The highest BCUT2D eigenvalue weighted by atomic mass is 16.1. The normalized spacial score (nSPS) is 13.7. The van der Waals surface area contributed by atoms with E-state index in [4.69, 9.17) is 5.73 Å². The van der Waals surface area contributed by atoms with Gasteiger partial charge in [-0.05, 0) is 31.9 Å². The molecule has 27 heavy (non-hydrogen) atoms. The first-order valence-electron chi connectivity index (χ1n) is 8.92. The first-order valence-corrected chi connectivity index (χ1v) is 8.92. The van der Waals surface area contributed by atoms with E-state index in [9.17, 15) is 9.59 Å². The molecule has 0 atom stereocenters. The lowest BCUT2D eigenvalue weighted by molar-refractivity contribution is 0.0995. The maximum absolute atomic E-state index is 12.5. The van der Waals surface area contributed by atoms with E-state index in [1.807, 2.05) is 24.3 Å². The Morgan fingerprint density at radius 3 is 2.78 bits per heavy atom.